The van der Waals surface area contributed by atoms with Gasteiger partial charge in [0.25, 0.3) is 10.0 Å². The van der Waals surface area contributed by atoms with E-state index in [4.69, 9.17) is 9.47 Å². The smallest absolute Gasteiger partial charge is 0.268 e. The topological polar surface area (TPSA) is 57.5 Å². The highest BCUT2D eigenvalue weighted by Gasteiger charge is 2.20. The minimum Gasteiger partial charge on any atom is -0.491 e. The third-order valence-electron chi connectivity index (χ3n) is 2.72. The number of hydrogen-bond donors (Lipinski definition) is 0. The standard InChI is InChI=1S/C14H15BrNO4S/c1-11-8-14(15)16(10-11)21(17,18)13-5-3-4-12(9-13)20-7-6-19-2/h3-5,8-10H,1,6-7H2,2H3. The van der Waals surface area contributed by atoms with E-state index in [1.54, 1.807) is 25.3 Å². The summed E-state index contributed by atoms with van der Waals surface area (Å²) in [6.07, 6.45) is 1.46. The highest BCUT2D eigenvalue weighted by Crippen LogP contribution is 2.24. The van der Waals surface area contributed by atoms with Crippen LogP contribution in [0.3, 0.4) is 0 Å². The molecule has 1 aromatic heterocycles. The zero-order valence-electron chi connectivity index (χ0n) is 11.5. The first kappa shape index (κ1) is 16.1. The van der Waals surface area contributed by atoms with E-state index in [1.807, 2.05) is 0 Å². The van der Waals surface area contributed by atoms with Crippen LogP contribution in [-0.2, 0) is 14.8 Å². The average Bonchev–Trinajstić information content (AvgIpc) is 2.79. The number of benzene rings is 1. The van der Waals surface area contributed by atoms with Crippen LogP contribution in [0.1, 0.15) is 5.56 Å². The molecule has 0 amide bonds. The van der Waals surface area contributed by atoms with Crippen LogP contribution >= 0.6 is 15.9 Å². The van der Waals surface area contributed by atoms with Gasteiger partial charge in [0.2, 0.25) is 0 Å². The molecule has 0 bridgehead atoms. The van der Waals surface area contributed by atoms with E-state index >= 15 is 0 Å². The molecule has 21 heavy (non-hydrogen) atoms. The molecule has 0 unspecified atom stereocenters. The summed E-state index contributed by atoms with van der Waals surface area (Å²) in [5, 5.41) is 0. The van der Waals surface area contributed by atoms with Crippen molar-refractivity contribution in [1.82, 2.24) is 3.97 Å². The van der Waals surface area contributed by atoms with Gasteiger partial charge in [0, 0.05) is 19.4 Å². The summed E-state index contributed by atoms with van der Waals surface area (Å²) in [5.74, 6) is 0.478. The predicted octanol–water partition coefficient (Wildman–Crippen LogP) is 2.69. The first-order valence-electron chi connectivity index (χ1n) is 6.12. The van der Waals surface area contributed by atoms with Crippen molar-refractivity contribution in [3.05, 3.63) is 53.6 Å². The molecule has 0 aliphatic carbocycles. The van der Waals surface area contributed by atoms with Gasteiger partial charge in [0.05, 0.1) is 11.5 Å². The maximum absolute atomic E-state index is 12.6. The maximum Gasteiger partial charge on any atom is 0.268 e. The van der Waals surface area contributed by atoms with Crippen LogP contribution in [0.5, 0.6) is 5.75 Å². The van der Waals surface area contributed by atoms with Crippen LogP contribution in [0.25, 0.3) is 0 Å². The number of rotatable bonds is 6. The molecule has 2 rings (SSSR count). The van der Waals surface area contributed by atoms with E-state index < -0.39 is 10.0 Å². The molecule has 5 nitrogen and oxygen atoms in total. The SMILES string of the molecule is [CH2]c1cc(Br)n(S(=O)(=O)c2cccc(OCCOC)c2)c1. The lowest BCUT2D eigenvalue weighted by atomic mass is 10.3. The molecule has 0 fully saturated rings. The van der Waals surface area contributed by atoms with E-state index in [0.717, 1.165) is 3.97 Å². The van der Waals surface area contributed by atoms with Crippen molar-refractivity contribution < 1.29 is 17.9 Å². The fourth-order valence-corrected chi connectivity index (χ4v) is 4.00. The molecule has 0 spiro atoms. The largest absolute Gasteiger partial charge is 0.491 e. The van der Waals surface area contributed by atoms with Gasteiger partial charge in [-0.1, -0.05) is 6.07 Å². The minimum absolute atomic E-state index is 0.147. The zero-order valence-corrected chi connectivity index (χ0v) is 13.9. The van der Waals surface area contributed by atoms with Crippen LogP contribution in [0.2, 0.25) is 0 Å². The number of halogens is 1. The second kappa shape index (κ2) is 6.64. The van der Waals surface area contributed by atoms with Crippen molar-refractivity contribution in [1.29, 1.82) is 0 Å². The number of hydrogen-bond acceptors (Lipinski definition) is 4. The second-order valence-corrected chi connectivity index (χ2v) is 6.92. The van der Waals surface area contributed by atoms with Crippen LogP contribution in [0.4, 0.5) is 0 Å². The Hall–Kier alpha value is -1.31. The van der Waals surface area contributed by atoms with Crippen molar-refractivity contribution >= 4 is 26.0 Å². The molecular formula is C14H15BrNO4S. The Balaban J connectivity index is 2.32. The van der Waals surface area contributed by atoms with Crippen molar-refractivity contribution in [3.8, 4) is 5.75 Å². The van der Waals surface area contributed by atoms with Crippen molar-refractivity contribution in [2.45, 2.75) is 4.90 Å². The van der Waals surface area contributed by atoms with Gasteiger partial charge >= 0.3 is 0 Å². The maximum atomic E-state index is 12.6. The quantitative estimate of drug-likeness (QED) is 0.731. The Morgan fingerprint density at radius 1 is 1.29 bits per heavy atom. The highest BCUT2D eigenvalue weighted by molar-refractivity contribution is 9.10. The first-order valence-corrected chi connectivity index (χ1v) is 8.35. The van der Waals surface area contributed by atoms with Crippen LogP contribution in [0, 0.1) is 6.92 Å². The van der Waals surface area contributed by atoms with Gasteiger partial charge in [-0.3, -0.25) is 0 Å². The number of methoxy groups -OCH3 is 1. The van der Waals surface area contributed by atoms with E-state index in [-0.39, 0.29) is 4.90 Å². The lowest BCUT2D eigenvalue weighted by Gasteiger charge is -2.10. The van der Waals surface area contributed by atoms with Gasteiger partial charge in [-0.15, -0.1) is 0 Å². The predicted molar refractivity (Wildman–Crippen MR) is 83.0 cm³/mol. The Labute approximate surface area is 132 Å². The molecule has 1 aromatic carbocycles. The molecule has 0 aliphatic rings. The monoisotopic (exact) mass is 372 g/mol. The second-order valence-electron chi connectivity index (χ2n) is 4.29. The summed E-state index contributed by atoms with van der Waals surface area (Å²) >= 11 is 3.22. The summed E-state index contributed by atoms with van der Waals surface area (Å²) < 4.78 is 37.0. The molecule has 113 valence electrons. The van der Waals surface area contributed by atoms with Gasteiger partial charge in [-0.2, -0.15) is 0 Å². The summed E-state index contributed by atoms with van der Waals surface area (Å²) in [5.41, 5.74) is 0.609. The molecule has 0 N–H and O–H groups in total. The van der Waals surface area contributed by atoms with Crippen LogP contribution in [-0.4, -0.2) is 32.7 Å². The van der Waals surface area contributed by atoms with E-state index in [0.29, 0.717) is 29.1 Å². The number of ether oxygens (including phenoxy) is 2. The lowest BCUT2D eigenvalue weighted by Crippen LogP contribution is -2.12. The zero-order chi connectivity index (χ0) is 15.5. The van der Waals surface area contributed by atoms with Crippen molar-refractivity contribution in [2.75, 3.05) is 20.3 Å². The van der Waals surface area contributed by atoms with Crippen LogP contribution in [0.15, 0.2) is 46.0 Å². The van der Waals surface area contributed by atoms with E-state index in [1.165, 1.54) is 18.3 Å². The average molecular weight is 373 g/mol. The fourth-order valence-electron chi connectivity index (χ4n) is 1.73. The van der Waals surface area contributed by atoms with E-state index in [9.17, 15) is 8.42 Å². The molecule has 1 radical (unpaired) electrons. The molecule has 1 heterocycles. The minimum atomic E-state index is -3.68. The summed E-state index contributed by atoms with van der Waals surface area (Å²) in [4.78, 5) is 0.147. The van der Waals surface area contributed by atoms with Gasteiger partial charge in [0.1, 0.15) is 17.0 Å². The molecular weight excluding hydrogens is 358 g/mol. The van der Waals surface area contributed by atoms with Crippen molar-refractivity contribution in [3.63, 3.8) is 0 Å². The highest BCUT2D eigenvalue weighted by atomic mass is 79.9. The van der Waals surface area contributed by atoms with Crippen LogP contribution < -0.4 is 4.74 Å². The molecule has 0 saturated heterocycles. The normalized spacial score (nSPS) is 11.6. The fraction of sp³-hybridized carbons (Fsp3) is 0.214. The molecule has 0 saturated carbocycles. The summed E-state index contributed by atoms with van der Waals surface area (Å²) in [6, 6.07) is 7.98. The number of nitrogens with zero attached hydrogens (tertiary/aromatic N) is 1. The first-order chi connectivity index (χ1) is 9.95. The van der Waals surface area contributed by atoms with Gasteiger partial charge < -0.3 is 9.47 Å². The summed E-state index contributed by atoms with van der Waals surface area (Å²) in [6.45, 7) is 4.52. The Morgan fingerprint density at radius 3 is 2.67 bits per heavy atom. The summed E-state index contributed by atoms with van der Waals surface area (Å²) in [7, 11) is -2.11. The third-order valence-corrected chi connectivity index (χ3v) is 5.23. The third kappa shape index (κ3) is 3.66. The Bertz CT molecular complexity index is 724. The van der Waals surface area contributed by atoms with Gasteiger partial charge in [-0.05, 0) is 46.6 Å². The number of aromatic nitrogens is 1. The van der Waals surface area contributed by atoms with Crippen molar-refractivity contribution in [2.24, 2.45) is 0 Å². The molecule has 2 aromatic rings. The molecule has 0 atom stereocenters. The lowest BCUT2D eigenvalue weighted by molar-refractivity contribution is 0.146. The molecule has 7 heteroatoms. The molecule has 0 aliphatic heterocycles. The van der Waals surface area contributed by atoms with E-state index in [2.05, 4.69) is 22.9 Å². The van der Waals surface area contributed by atoms with Gasteiger partial charge in [-0.25, -0.2) is 12.4 Å². The Morgan fingerprint density at radius 2 is 2.05 bits per heavy atom. The van der Waals surface area contributed by atoms with Gasteiger partial charge in [0.15, 0.2) is 0 Å². The Kier molecular flexibility index (Phi) is 5.08.